The normalized spacial score (nSPS) is 19.5. The van der Waals surface area contributed by atoms with Crippen LogP contribution in [0.1, 0.15) is 48.9 Å². The zero-order valence-corrected chi connectivity index (χ0v) is 19.5. The maximum absolute atomic E-state index is 6.13. The summed E-state index contributed by atoms with van der Waals surface area (Å²) in [4.78, 5) is 0. The van der Waals surface area contributed by atoms with Crippen LogP contribution < -0.4 is 9.47 Å². The van der Waals surface area contributed by atoms with Gasteiger partial charge in [-0.25, -0.2) is 9.36 Å². The summed E-state index contributed by atoms with van der Waals surface area (Å²) in [5, 5.41) is 17.9. The zero-order chi connectivity index (χ0) is 23.1. The van der Waals surface area contributed by atoms with E-state index in [0.29, 0.717) is 19.1 Å². The molecular formula is C25H28N6O3. The molecule has 0 amide bonds. The minimum Gasteiger partial charge on any atom is -0.477 e. The number of H-pyrrole nitrogens is 1. The lowest BCUT2D eigenvalue weighted by Gasteiger charge is -2.23. The molecule has 0 aliphatic carbocycles. The molecule has 9 heteroatoms. The maximum Gasteiger partial charge on any atom is 0.240 e. The van der Waals surface area contributed by atoms with E-state index >= 15 is 0 Å². The van der Waals surface area contributed by atoms with Crippen molar-refractivity contribution in [2.45, 2.75) is 38.8 Å². The van der Waals surface area contributed by atoms with E-state index in [-0.39, 0.29) is 6.23 Å². The Kier molecular flexibility index (Phi) is 5.33. The molecule has 176 valence electrons. The first kappa shape index (κ1) is 21.0. The predicted molar refractivity (Wildman–Crippen MR) is 129 cm³/mol. The fourth-order valence-electron chi connectivity index (χ4n) is 4.67. The van der Waals surface area contributed by atoms with Crippen molar-refractivity contribution in [1.82, 2.24) is 29.8 Å². The van der Waals surface area contributed by atoms with Gasteiger partial charge in [-0.05, 0) is 56.0 Å². The zero-order valence-electron chi connectivity index (χ0n) is 19.5. The average molecular weight is 461 g/mol. The van der Waals surface area contributed by atoms with Crippen molar-refractivity contribution in [2.24, 2.45) is 7.05 Å². The summed E-state index contributed by atoms with van der Waals surface area (Å²) in [7, 11) is 1.90. The molecule has 1 fully saturated rings. The monoisotopic (exact) mass is 460 g/mol. The van der Waals surface area contributed by atoms with Gasteiger partial charge in [0.2, 0.25) is 11.8 Å². The number of hydrogen-bond donors (Lipinski definition) is 1. The first-order chi connectivity index (χ1) is 16.7. The van der Waals surface area contributed by atoms with E-state index in [1.165, 1.54) is 0 Å². The van der Waals surface area contributed by atoms with Crippen LogP contribution in [0.2, 0.25) is 0 Å². The fraction of sp³-hybridized carbons (Fsp3) is 0.400. The van der Waals surface area contributed by atoms with E-state index in [1.807, 2.05) is 37.0 Å². The molecule has 5 heterocycles. The van der Waals surface area contributed by atoms with Gasteiger partial charge in [-0.3, -0.25) is 5.10 Å². The third-order valence-electron chi connectivity index (χ3n) is 6.49. The van der Waals surface area contributed by atoms with Gasteiger partial charge in [0.15, 0.2) is 6.23 Å². The number of nitrogens with zero attached hydrogens (tertiary/aromatic N) is 5. The highest BCUT2D eigenvalue weighted by molar-refractivity contribution is 5.93. The molecule has 2 bridgehead atoms. The minimum atomic E-state index is -0.0540. The van der Waals surface area contributed by atoms with Gasteiger partial charge in [0.1, 0.15) is 0 Å². The molecule has 0 saturated carbocycles. The number of aromatic nitrogens is 6. The smallest absolute Gasteiger partial charge is 0.240 e. The van der Waals surface area contributed by atoms with Crippen molar-refractivity contribution >= 4 is 23.1 Å². The van der Waals surface area contributed by atoms with Gasteiger partial charge in [0.05, 0.1) is 41.7 Å². The summed E-state index contributed by atoms with van der Waals surface area (Å²) in [6, 6.07) is 6.41. The molecule has 2 aliphatic rings. The Balaban J connectivity index is 1.53. The highest BCUT2D eigenvalue weighted by Gasteiger charge is 2.22. The SMILES string of the molecule is Cc1[nH]nc2c1/C=C\c1nn(C3CCCCO3)c3ccc(cc13)-c1cnn(C)c1OCCCO2. The Bertz CT molecular complexity index is 1360. The number of ether oxygens (including phenoxy) is 3. The molecule has 1 atom stereocenters. The highest BCUT2D eigenvalue weighted by atomic mass is 16.5. The topological polar surface area (TPSA) is 92.0 Å². The van der Waals surface area contributed by atoms with Crippen LogP contribution in [-0.2, 0) is 11.8 Å². The summed E-state index contributed by atoms with van der Waals surface area (Å²) in [5.74, 6) is 1.33. The number of fused-ring (bicyclic) bond motifs is 4. The Morgan fingerprint density at radius 1 is 1.06 bits per heavy atom. The van der Waals surface area contributed by atoms with Crippen LogP contribution in [0, 0.1) is 6.92 Å². The fourth-order valence-corrected chi connectivity index (χ4v) is 4.67. The molecule has 34 heavy (non-hydrogen) atoms. The molecule has 1 aromatic carbocycles. The average Bonchev–Trinajstić information content (AvgIpc) is 3.52. The summed E-state index contributed by atoms with van der Waals surface area (Å²) < 4.78 is 22.0. The lowest BCUT2D eigenvalue weighted by atomic mass is 10.0. The number of aromatic amines is 1. The van der Waals surface area contributed by atoms with Gasteiger partial charge >= 0.3 is 0 Å². The van der Waals surface area contributed by atoms with Crippen molar-refractivity contribution < 1.29 is 14.2 Å². The Labute approximate surface area is 197 Å². The minimum absolute atomic E-state index is 0.0540. The van der Waals surface area contributed by atoms with Crippen LogP contribution in [-0.4, -0.2) is 49.6 Å². The van der Waals surface area contributed by atoms with Gasteiger partial charge in [-0.15, -0.1) is 5.10 Å². The first-order valence-corrected chi connectivity index (χ1v) is 11.8. The summed E-state index contributed by atoms with van der Waals surface area (Å²) in [5.41, 5.74) is 5.80. The Morgan fingerprint density at radius 2 is 1.97 bits per heavy atom. The molecule has 0 radical (unpaired) electrons. The summed E-state index contributed by atoms with van der Waals surface area (Å²) >= 11 is 0. The molecule has 1 unspecified atom stereocenters. The van der Waals surface area contributed by atoms with E-state index in [0.717, 1.165) is 77.2 Å². The van der Waals surface area contributed by atoms with Gasteiger partial charge in [-0.2, -0.15) is 10.2 Å². The molecule has 4 aromatic rings. The highest BCUT2D eigenvalue weighted by Crippen LogP contribution is 2.35. The molecule has 3 aromatic heterocycles. The number of hydrogen-bond acceptors (Lipinski definition) is 6. The van der Waals surface area contributed by atoms with Crippen LogP contribution >= 0.6 is 0 Å². The molecule has 2 aliphatic heterocycles. The standard InChI is InChI=1S/C25H28N6O3/c1-16-18-8-9-21-19-14-17(7-10-22(19)31(29-21)23-6-3-4-11-32-23)20-15-26-30(2)25(20)34-13-5-12-33-24(18)28-27-16/h7-10,14-15,23H,3-6,11-13H2,1-2H3,(H,27,28)/b9-8-. The quantitative estimate of drug-likeness (QED) is 0.450. The lowest BCUT2D eigenvalue weighted by Crippen LogP contribution is -2.19. The molecule has 6 rings (SSSR count). The number of nitrogens with one attached hydrogen (secondary N) is 1. The van der Waals surface area contributed by atoms with E-state index in [2.05, 4.69) is 33.5 Å². The van der Waals surface area contributed by atoms with Crippen LogP contribution in [0.4, 0.5) is 0 Å². The van der Waals surface area contributed by atoms with Crippen molar-refractivity contribution in [3.05, 3.63) is 41.3 Å². The van der Waals surface area contributed by atoms with E-state index in [4.69, 9.17) is 19.3 Å². The number of rotatable bonds is 1. The second-order valence-corrected chi connectivity index (χ2v) is 8.82. The van der Waals surface area contributed by atoms with Crippen molar-refractivity contribution in [2.75, 3.05) is 19.8 Å². The van der Waals surface area contributed by atoms with Crippen LogP contribution in [0.5, 0.6) is 11.8 Å². The van der Waals surface area contributed by atoms with E-state index in [1.54, 1.807) is 4.68 Å². The van der Waals surface area contributed by atoms with Gasteiger partial charge in [0, 0.05) is 31.2 Å². The predicted octanol–water partition coefficient (Wildman–Crippen LogP) is 4.50. The summed E-state index contributed by atoms with van der Waals surface area (Å²) in [6.07, 6.45) is 9.79. The van der Waals surface area contributed by atoms with Crippen LogP contribution in [0.25, 0.3) is 34.2 Å². The van der Waals surface area contributed by atoms with Gasteiger partial charge in [0.25, 0.3) is 0 Å². The Hall–Kier alpha value is -3.59. The van der Waals surface area contributed by atoms with Gasteiger partial charge in [-0.1, -0.05) is 6.07 Å². The van der Waals surface area contributed by atoms with Crippen LogP contribution in [0.15, 0.2) is 24.4 Å². The molecule has 1 saturated heterocycles. The van der Waals surface area contributed by atoms with Crippen LogP contribution in [0.3, 0.4) is 0 Å². The van der Waals surface area contributed by atoms with Crippen molar-refractivity contribution in [3.63, 3.8) is 0 Å². The number of aryl methyl sites for hydroxylation is 2. The largest absolute Gasteiger partial charge is 0.477 e. The number of benzene rings is 1. The molecular weight excluding hydrogens is 432 g/mol. The third kappa shape index (κ3) is 3.66. The third-order valence-corrected chi connectivity index (χ3v) is 6.49. The second-order valence-electron chi connectivity index (χ2n) is 8.82. The lowest BCUT2D eigenvalue weighted by molar-refractivity contribution is -0.0367. The molecule has 9 nitrogen and oxygen atoms in total. The van der Waals surface area contributed by atoms with Gasteiger partial charge < -0.3 is 14.2 Å². The maximum atomic E-state index is 6.13. The molecule has 0 spiro atoms. The van der Waals surface area contributed by atoms with Crippen molar-refractivity contribution in [1.29, 1.82) is 0 Å². The second kappa shape index (κ2) is 8.64. The first-order valence-electron chi connectivity index (χ1n) is 11.8. The van der Waals surface area contributed by atoms with E-state index < -0.39 is 0 Å². The van der Waals surface area contributed by atoms with Crippen molar-refractivity contribution in [3.8, 4) is 22.9 Å². The summed E-state index contributed by atoms with van der Waals surface area (Å²) in [6.45, 7) is 3.78. The Morgan fingerprint density at radius 3 is 2.85 bits per heavy atom. The van der Waals surface area contributed by atoms with E-state index in [9.17, 15) is 0 Å². The molecule has 1 N–H and O–H groups in total.